The van der Waals surface area contributed by atoms with E-state index in [0.717, 1.165) is 6.20 Å². The molecule has 1 rings (SSSR count). The predicted molar refractivity (Wildman–Crippen MR) is 53.2 cm³/mol. The van der Waals surface area contributed by atoms with Crippen molar-refractivity contribution in [3.8, 4) is 0 Å². The second kappa shape index (κ2) is 5.17. The van der Waals surface area contributed by atoms with Crippen LogP contribution in [-0.4, -0.2) is 16.1 Å². The van der Waals surface area contributed by atoms with Gasteiger partial charge in [-0.15, -0.1) is 0 Å². The fourth-order valence-corrected chi connectivity index (χ4v) is 1.79. The molecule has 1 heterocycles. The Hall–Kier alpha value is -1.25. The van der Waals surface area contributed by atoms with Crippen molar-refractivity contribution in [3.05, 3.63) is 27.5 Å². The summed E-state index contributed by atoms with van der Waals surface area (Å²) >= 11 is 2.68. The zero-order valence-electron chi connectivity index (χ0n) is 8.43. The van der Waals surface area contributed by atoms with E-state index >= 15 is 0 Å². The number of nitrogens with zero attached hydrogens (tertiary/aromatic N) is 1. The molecule has 0 saturated heterocycles. The summed E-state index contributed by atoms with van der Waals surface area (Å²) in [5.74, 6) is -1.56. The minimum absolute atomic E-state index is 0.276. The highest BCUT2D eigenvalue weighted by Gasteiger charge is 2.40. The van der Waals surface area contributed by atoms with Crippen LogP contribution in [0, 0.1) is 0 Å². The van der Waals surface area contributed by atoms with Crippen LogP contribution in [0.15, 0.2) is 10.7 Å². The molecule has 3 nitrogen and oxygen atoms in total. The molecule has 100 valence electrons. The standard InChI is InChI=1S/C9H5BrF5NO2/c10-4-2-16-7(8(11)12)6(9(13,14)15)3(4)1-5(17)18/h2,8H,1H2,(H,17,18). The van der Waals surface area contributed by atoms with E-state index in [9.17, 15) is 26.7 Å². The van der Waals surface area contributed by atoms with Crippen LogP contribution in [0.5, 0.6) is 0 Å². The van der Waals surface area contributed by atoms with Gasteiger partial charge in [0.15, 0.2) is 0 Å². The zero-order valence-corrected chi connectivity index (χ0v) is 10.0. The quantitative estimate of drug-likeness (QED) is 0.862. The molecule has 0 radical (unpaired) electrons. The fourth-order valence-electron chi connectivity index (χ4n) is 1.35. The van der Waals surface area contributed by atoms with Gasteiger partial charge in [0.1, 0.15) is 5.69 Å². The molecule has 0 unspecified atom stereocenters. The maximum atomic E-state index is 12.7. The minimum atomic E-state index is -5.10. The van der Waals surface area contributed by atoms with Gasteiger partial charge in [0, 0.05) is 10.7 Å². The molecular weight excluding hydrogens is 329 g/mol. The number of rotatable bonds is 3. The second-order valence-electron chi connectivity index (χ2n) is 3.21. The summed E-state index contributed by atoms with van der Waals surface area (Å²) < 4.78 is 62.8. The van der Waals surface area contributed by atoms with Gasteiger partial charge in [-0.3, -0.25) is 9.78 Å². The summed E-state index contributed by atoms with van der Waals surface area (Å²) in [6, 6.07) is 0. The summed E-state index contributed by atoms with van der Waals surface area (Å²) in [5, 5.41) is 8.51. The van der Waals surface area contributed by atoms with Gasteiger partial charge in [-0.1, -0.05) is 0 Å². The summed E-state index contributed by atoms with van der Waals surface area (Å²) in [6.07, 6.45) is -8.85. The molecule has 1 aromatic rings. The highest BCUT2D eigenvalue weighted by Crippen LogP contribution is 2.40. The smallest absolute Gasteiger partial charge is 0.418 e. The number of alkyl halides is 5. The molecule has 0 aliphatic heterocycles. The van der Waals surface area contributed by atoms with Crippen molar-refractivity contribution in [1.29, 1.82) is 0 Å². The minimum Gasteiger partial charge on any atom is -0.481 e. The largest absolute Gasteiger partial charge is 0.481 e. The Kier molecular flexibility index (Phi) is 4.25. The van der Waals surface area contributed by atoms with Crippen molar-refractivity contribution in [1.82, 2.24) is 4.98 Å². The number of carboxylic acid groups (broad SMARTS) is 1. The van der Waals surface area contributed by atoms with E-state index in [2.05, 4.69) is 20.9 Å². The Morgan fingerprint density at radius 2 is 2.00 bits per heavy atom. The van der Waals surface area contributed by atoms with Gasteiger partial charge in [-0.05, 0) is 21.5 Å². The average Bonchev–Trinajstić information content (AvgIpc) is 2.17. The number of hydrogen-bond acceptors (Lipinski definition) is 2. The van der Waals surface area contributed by atoms with Crippen molar-refractivity contribution < 1.29 is 31.9 Å². The number of carbonyl (C=O) groups is 1. The maximum Gasteiger partial charge on any atom is 0.418 e. The van der Waals surface area contributed by atoms with Crippen LogP contribution in [0.2, 0.25) is 0 Å². The highest BCUT2D eigenvalue weighted by molar-refractivity contribution is 9.10. The van der Waals surface area contributed by atoms with E-state index in [0.29, 0.717) is 0 Å². The lowest BCUT2D eigenvalue weighted by molar-refractivity contribution is -0.141. The topological polar surface area (TPSA) is 50.2 Å². The molecule has 0 atom stereocenters. The second-order valence-corrected chi connectivity index (χ2v) is 4.07. The molecule has 1 aromatic heterocycles. The summed E-state index contributed by atoms with van der Waals surface area (Å²) in [5.41, 5.74) is -3.93. The Morgan fingerprint density at radius 1 is 1.44 bits per heavy atom. The first-order chi connectivity index (χ1) is 8.14. The van der Waals surface area contributed by atoms with Crippen LogP contribution in [0.4, 0.5) is 22.0 Å². The average molecular weight is 334 g/mol. The van der Waals surface area contributed by atoms with Gasteiger partial charge in [0.2, 0.25) is 0 Å². The molecule has 0 saturated carbocycles. The number of pyridine rings is 1. The Balaban J connectivity index is 3.55. The van der Waals surface area contributed by atoms with Crippen LogP contribution >= 0.6 is 15.9 Å². The molecule has 0 aliphatic rings. The molecule has 18 heavy (non-hydrogen) atoms. The van der Waals surface area contributed by atoms with Crippen LogP contribution in [0.25, 0.3) is 0 Å². The molecule has 0 fully saturated rings. The van der Waals surface area contributed by atoms with Gasteiger partial charge >= 0.3 is 12.1 Å². The lowest BCUT2D eigenvalue weighted by atomic mass is 10.0. The van der Waals surface area contributed by atoms with Crippen molar-refractivity contribution in [2.75, 3.05) is 0 Å². The van der Waals surface area contributed by atoms with E-state index in [-0.39, 0.29) is 4.47 Å². The van der Waals surface area contributed by atoms with E-state index in [1.54, 1.807) is 0 Å². The van der Waals surface area contributed by atoms with Gasteiger partial charge < -0.3 is 5.11 Å². The van der Waals surface area contributed by atoms with E-state index in [4.69, 9.17) is 5.11 Å². The zero-order chi connectivity index (χ0) is 14.1. The maximum absolute atomic E-state index is 12.7. The highest BCUT2D eigenvalue weighted by atomic mass is 79.9. The number of aromatic nitrogens is 1. The van der Waals surface area contributed by atoms with Crippen molar-refractivity contribution in [2.24, 2.45) is 0 Å². The van der Waals surface area contributed by atoms with Gasteiger partial charge in [0.25, 0.3) is 6.43 Å². The SMILES string of the molecule is O=C(O)Cc1c(Br)cnc(C(F)F)c1C(F)(F)F. The number of aliphatic carboxylic acids is 1. The molecule has 9 heteroatoms. The van der Waals surface area contributed by atoms with Crippen LogP contribution < -0.4 is 0 Å². The number of halogens is 6. The summed E-state index contributed by atoms with van der Waals surface area (Å²) in [7, 11) is 0. The Morgan fingerprint density at radius 3 is 2.39 bits per heavy atom. The van der Waals surface area contributed by atoms with Crippen LogP contribution in [0.3, 0.4) is 0 Å². The molecule has 1 N–H and O–H groups in total. The third kappa shape index (κ3) is 3.15. The first-order valence-corrected chi connectivity index (χ1v) is 5.18. The summed E-state index contributed by atoms with van der Waals surface area (Å²) in [4.78, 5) is 13.5. The molecule has 0 amide bonds. The molecular formula is C9H5BrF5NO2. The van der Waals surface area contributed by atoms with Gasteiger partial charge in [0.05, 0.1) is 12.0 Å². The van der Waals surface area contributed by atoms with Gasteiger partial charge in [-0.25, -0.2) is 8.78 Å². The first kappa shape index (κ1) is 14.8. The van der Waals surface area contributed by atoms with E-state index < -0.39 is 41.8 Å². The Bertz CT molecular complexity index is 475. The molecule has 0 aromatic carbocycles. The third-order valence-corrected chi connectivity index (χ3v) is 2.66. The fraction of sp³-hybridized carbons (Fsp3) is 0.333. The Labute approximate surface area is 106 Å². The van der Waals surface area contributed by atoms with Crippen molar-refractivity contribution in [3.63, 3.8) is 0 Å². The number of carboxylic acids is 1. The normalized spacial score (nSPS) is 11.9. The first-order valence-electron chi connectivity index (χ1n) is 4.39. The lowest BCUT2D eigenvalue weighted by Crippen LogP contribution is -2.17. The van der Waals surface area contributed by atoms with Crippen molar-refractivity contribution >= 4 is 21.9 Å². The molecule has 0 bridgehead atoms. The van der Waals surface area contributed by atoms with Crippen LogP contribution in [-0.2, 0) is 17.4 Å². The lowest BCUT2D eigenvalue weighted by Gasteiger charge is -2.16. The predicted octanol–water partition coefficient (Wildman–Crippen LogP) is 3.43. The molecule has 0 spiro atoms. The third-order valence-electron chi connectivity index (χ3n) is 1.98. The van der Waals surface area contributed by atoms with E-state index in [1.807, 2.05) is 0 Å². The van der Waals surface area contributed by atoms with Crippen LogP contribution in [0.1, 0.15) is 23.2 Å². The van der Waals surface area contributed by atoms with Crippen molar-refractivity contribution in [2.45, 2.75) is 19.0 Å². The van der Waals surface area contributed by atoms with E-state index in [1.165, 1.54) is 0 Å². The van der Waals surface area contributed by atoms with Gasteiger partial charge in [-0.2, -0.15) is 13.2 Å². The monoisotopic (exact) mass is 333 g/mol. The number of hydrogen-bond donors (Lipinski definition) is 1. The summed E-state index contributed by atoms with van der Waals surface area (Å²) in [6.45, 7) is 0. The molecule has 0 aliphatic carbocycles.